The number of methoxy groups -OCH3 is 1. The number of halogens is 3. The Bertz CT molecular complexity index is 503. The van der Waals surface area contributed by atoms with Crippen LogP contribution in [0.1, 0.15) is 6.42 Å². The van der Waals surface area contributed by atoms with Gasteiger partial charge in [-0.25, -0.2) is 4.79 Å². The van der Waals surface area contributed by atoms with E-state index in [0.717, 1.165) is 0 Å². The van der Waals surface area contributed by atoms with Gasteiger partial charge < -0.3 is 14.8 Å². The molecule has 0 saturated carbocycles. The number of alkyl halides is 3. The number of ether oxygens (including phenoxy) is 2. The van der Waals surface area contributed by atoms with Crippen LogP contribution in [-0.4, -0.2) is 38.5 Å². The third-order valence-electron chi connectivity index (χ3n) is 2.34. The van der Waals surface area contributed by atoms with Gasteiger partial charge in [-0.2, -0.15) is 13.2 Å². The molecule has 2 amide bonds. The average molecular weight is 320 g/mol. The molecule has 22 heavy (non-hydrogen) atoms. The molecule has 9 heteroatoms. The van der Waals surface area contributed by atoms with Crippen molar-refractivity contribution in [2.75, 3.05) is 31.0 Å². The number of rotatable bonds is 6. The lowest BCUT2D eigenvalue weighted by Gasteiger charge is -2.09. The van der Waals surface area contributed by atoms with Crippen molar-refractivity contribution in [2.24, 2.45) is 0 Å². The Kier molecular flexibility index (Phi) is 6.64. The van der Waals surface area contributed by atoms with E-state index >= 15 is 0 Å². The molecule has 1 aromatic rings. The van der Waals surface area contributed by atoms with Gasteiger partial charge >= 0.3 is 12.3 Å². The summed E-state index contributed by atoms with van der Waals surface area (Å²) in [7, 11) is 1.23. The van der Waals surface area contributed by atoms with Crippen LogP contribution in [0.5, 0.6) is 0 Å². The summed E-state index contributed by atoms with van der Waals surface area (Å²) in [4.78, 5) is 22.4. The van der Waals surface area contributed by atoms with Gasteiger partial charge in [0.2, 0.25) is 5.91 Å². The lowest BCUT2D eigenvalue weighted by molar-refractivity contribution is -0.174. The minimum atomic E-state index is -4.40. The molecule has 0 radical (unpaired) electrons. The van der Waals surface area contributed by atoms with Crippen LogP contribution in [-0.2, 0) is 14.3 Å². The maximum Gasteiger partial charge on any atom is 0.411 e. The fourth-order valence-corrected chi connectivity index (χ4v) is 1.38. The van der Waals surface area contributed by atoms with E-state index in [-0.39, 0.29) is 13.0 Å². The number of anilines is 2. The fourth-order valence-electron chi connectivity index (χ4n) is 1.38. The zero-order valence-electron chi connectivity index (χ0n) is 11.7. The summed E-state index contributed by atoms with van der Waals surface area (Å²) in [6.45, 7) is -1.71. The summed E-state index contributed by atoms with van der Waals surface area (Å²) in [5.74, 6) is -0.476. The van der Waals surface area contributed by atoms with Gasteiger partial charge in [0.05, 0.1) is 20.1 Å². The first-order valence-corrected chi connectivity index (χ1v) is 6.19. The second kappa shape index (κ2) is 8.23. The van der Waals surface area contributed by atoms with Crippen LogP contribution in [0, 0.1) is 0 Å². The first kappa shape index (κ1) is 17.8. The molecule has 1 rings (SSSR count). The molecule has 0 atom stereocenters. The maximum absolute atomic E-state index is 11.8. The molecule has 0 aromatic heterocycles. The van der Waals surface area contributed by atoms with Crippen LogP contribution in [0.2, 0.25) is 0 Å². The van der Waals surface area contributed by atoms with Gasteiger partial charge in [0.15, 0.2) is 0 Å². The van der Waals surface area contributed by atoms with Crippen molar-refractivity contribution in [3.05, 3.63) is 24.3 Å². The van der Waals surface area contributed by atoms with E-state index in [2.05, 4.69) is 20.1 Å². The van der Waals surface area contributed by atoms with Gasteiger partial charge in [0.1, 0.15) is 6.61 Å². The fraction of sp³-hybridized carbons (Fsp3) is 0.385. The summed E-state index contributed by atoms with van der Waals surface area (Å²) in [6, 6.07) is 6.12. The molecular weight excluding hydrogens is 305 g/mol. The smallest absolute Gasteiger partial charge is 0.411 e. The van der Waals surface area contributed by atoms with Crippen molar-refractivity contribution >= 4 is 23.4 Å². The van der Waals surface area contributed by atoms with Gasteiger partial charge in [-0.3, -0.25) is 10.1 Å². The number of benzene rings is 1. The quantitative estimate of drug-likeness (QED) is 0.790. The van der Waals surface area contributed by atoms with Crippen LogP contribution in [0.3, 0.4) is 0 Å². The van der Waals surface area contributed by atoms with Gasteiger partial charge in [-0.15, -0.1) is 0 Å². The summed E-state index contributed by atoms with van der Waals surface area (Å²) < 4.78 is 44.2. The van der Waals surface area contributed by atoms with E-state index in [0.29, 0.717) is 11.4 Å². The average Bonchev–Trinajstić information content (AvgIpc) is 2.44. The monoisotopic (exact) mass is 320 g/mol. The van der Waals surface area contributed by atoms with Crippen LogP contribution in [0.25, 0.3) is 0 Å². The van der Waals surface area contributed by atoms with Gasteiger partial charge in [-0.1, -0.05) is 0 Å². The first-order chi connectivity index (χ1) is 10.3. The lowest BCUT2D eigenvalue weighted by atomic mass is 10.2. The predicted molar refractivity (Wildman–Crippen MR) is 72.6 cm³/mol. The van der Waals surface area contributed by atoms with E-state index in [1.807, 2.05) is 0 Å². The summed E-state index contributed by atoms with van der Waals surface area (Å²) in [5.41, 5.74) is 0.912. The molecule has 0 fully saturated rings. The molecule has 0 bridgehead atoms. The highest BCUT2D eigenvalue weighted by Crippen LogP contribution is 2.15. The topological polar surface area (TPSA) is 76.7 Å². The Morgan fingerprint density at radius 3 is 2.14 bits per heavy atom. The minimum absolute atomic E-state index is 0.196. The van der Waals surface area contributed by atoms with E-state index < -0.39 is 24.8 Å². The van der Waals surface area contributed by atoms with Gasteiger partial charge in [-0.05, 0) is 24.3 Å². The predicted octanol–water partition coefficient (Wildman–Crippen LogP) is 2.77. The molecule has 0 saturated heterocycles. The Balaban J connectivity index is 2.34. The molecule has 0 aliphatic rings. The Hall–Kier alpha value is -2.29. The zero-order chi connectivity index (χ0) is 16.6. The summed E-state index contributed by atoms with van der Waals surface area (Å²) in [6.07, 6.45) is -5.23. The molecule has 0 aliphatic heterocycles. The zero-order valence-corrected chi connectivity index (χ0v) is 11.7. The summed E-state index contributed by atoms with van der Waals surface area (Å²) >= 11 is 0. The number of hydrogen-bond donors (Lipinski definition) is 2. The molecule has 0 unspecified atom stereocenters. The van der Waals surface area contributed by atoms with Gasteiger partial charge in [0.25, 0.3) is 0 Å². The van der Waals surface area contributed by atoms with Crippen molar-refractivity contribution in [3.63, 3.8) is 0 Å². The van der Waals surface area contributed by atoms with Crippen molar-refractivity contribution in [1.29, 1.82) is 0 Å². The second-order valence-electron chi connectivity index (χ2n) is 4.16. The molecule has 0 aliphatic carbocycles. The SMILES string of the molecule is COC(=O)Nc1ccc(NC(=O)CCOCC(F)(F)F)cc1. The highest BCUT2D eigenvalue weighted by molar-refractivity contribution is 5.91. The minimum Gasteiger partial charge on any atom is -0.453 e. The van der Waals surface area contributed by atoms with E-state index in [1.54, 1.807) is 0 Å². The molecule has 2 N–H and O–H groups in total. The van der Waals surface area contributed by atoms with Crippen LogP contribution >= 0.6 is 0 Å². The Morgan fingerprint density at radius 1 is 1.09 bits per heavy atom. The first-order valence-electron chi connectivity index (χ1n) is 6.19. The third-order valence-corrected chi connectivity index (χ3v) is 2.34. The van der Waals surface area contributed by atoms with E-state index in [1.165, 1.54) is 31.4 Å². The number of amides is 2. The van der Waals surface area contributed by atoms with Crippen LogP contribution in [0.15, 0.2) is 24.3 Å². The third kappa shape index (κ3) is 7.48. The molecule has 1 aromatic carbocycles. The van der Waals surface area contributed by atoms with Crippen molar-refractivity contribution < 1.29 is 32.2 Å². The highest BCUT2D eigenvalue weighted by Gasteiger charge is 2.27. The Morgan fingerprint density at radius 2 is 1.64 bits per heavy atom. The molecular formula is C13H15F3N2O4. The van der Waals surface area contributed by atoms with Crippen molar-refractivity contribution in [1.82, 2.24) is 0 Å². The molecule has 122 valence electrons. The van der Waals surface area contributed by atoms with Crippen molar-refractivity contribution in [2.45, 2.75) is 12.6 Å². The maximum atomic E-state index is 11.8. The van der Waals surface area contributed by atoms with Crippen LogP contribution in [0.4, 0.5) is 29.3 Å². The van der Waals surface area contributed by atoms with Crippen molar-refractivity contribution in [3.8, 4) is 0 Å². The number of nitrogens with one attached hydrogen (secondary N) is 2. The summed E-state index contributed by atoms with van der Waals surface area (Å²) in [5, 5.41) is 4.92. The lowest BCUT2D eigenvalue weighted by Crippen LogP contribution is -2.20. The number of hydrogen-bond acceptors (Lipinski definition) is 4. The number of carbonyl (C=O) groups excluding carboxylic acids is 2. The highest BCUT2D eigenvalue weighted by atomic mass is 19.4. The van der Waals surface area contributed by atoms with E-state index in [4.69, 9.17) is 0 Å². The molecule has 0 spiro atoms. The molecule has 0 heterocycles. The normalized spacial score (nSPS) is 10.9. The van der Waals surface area contributed by atoms with E-state index in [9.17, 15) is 22.8 Å². The number of carbonyl (C=O) groups is 2. The molecule has 6 nitrogen and oxygen atoms in total. The van der Waals surface area contributed by atoms with Crippen LogP contribution < -0.4 is 10.6 Å². The largest absolute Gasteiger partial charge is 0.453 e. The Labute approximate surface area is 124 Å². The second-order valence-corrected chi connectivity index (χ2v) is 4.16. The van der Waals surface area contributed by atoms with Gasteiger partial charge in [0, 0.05) is 11.4 Å². The standard InChI is InChI=1S/C13H15F3N2O4/c1-21-12(20)18-10-4-2-9(3-5-10)17-11(19)6-7-22-8-13(14,15)16/h2-5H,6-8H2,1H3,(H,17,19)(H,18,20).